The van der Waals surface area contributed by atoms with Crippen LogP contribution in [0.5, 0.6) is 0 Å². The normalized spacial score (nSPS) is 13.1. The van der Waals surface area contributed by atoms with Crippen molar-refractivity contribution >= 4 is 23.8 Å². The van der Waals surface area contributed by atoms with Gasteiger partial charge in [0, 0.05) is 19.5 Å². The van der Waals surface area contributed by atoms with E-state index in [4.69, 9.17) is 10.5 Å². The quantitative estimate of drug-likeness (QED) is 0.519. The molecule has 0 aliphatic rings. The van der Waals surface area contributed by atoms with Crippen LogP contribution in [-0.4, -0.2) is 53.4 Å². The highest BCUT2D eigenvalue weighted by atomic mass is 16.6. The molecule has 9 nitrogen and oxygen atoms in total. The lowest BCUT2D eigenvalue weighted by molar-refractivity contribution is -0.141. The summed E-state index contributed by atoms with van der Waals surface area (Å²) in [6, 6.07) is 3.46. The second-order valence-electron chi connectivity index (χ2n) is 9.52. The first-order chi connectivity index (χ1) is 15.1. The zero-order chi connectivity index (χ0) is 25.5. The Hall–Kier alpha value is -3.10. The van der Waals surface area contributed by atoms with Crippen LogP contribution >= 0.6 is 0 Å². The fourth-order valence-corrected chi connectivity index (χ4v) is 3.49. The van der Waals surface area contributed by atoms with Crippen molar-refractivity contribution in [1.29, 1.82) is 0 Å². The summed E-state index contributed by atoms with van der Waals surface area (Å²) < 4.78 is 5.27. The molecule has 4 amide bonds. The van der Waals surface area contributed by atoms with Crippen LogP contribution in [-0.2, 0) is 19.1 Å². The SMILES string of the molecule is Cc1cccc(C)c1C(C(=O)NC(C)C)N(C)C(=O)C(CCC(N)=O)NC(=O)OC(C)(C)C. The van der Waals surface area contributed by atoms with Crippen LogP contribution in [0.3, 0.4) is 0 Å². The number of carbonyl (C=O) groups excluding carboxylic acids is 4. The molecule has 0 aromatic heterocycles. The first kappa shape index (κ1) is 27.9. The Labute approximate surface area is 196 Å². The lowest BCUT2D eigenvalue weighted by atomic mass is 9.93. The van der Waals surface area contributed by atoms with Crippen molar-refractivity contribution in [3.8, 4) is 0 Å². The number of nitrogens with two attached hydrogens (primary N) is 1. The van der Waals surface area contributed by atoms with Gasteiger partial charge in [-0.1, -0.05) is 18.2 Å². The number of likely N-dealkylation sites (N-methyl/N-ethyl adjacent to an activating group) is 1. The number of nitrogens with zero attached hydrogens (tertiary/aromatic N) is 1. The van der Waals surface area contributed by atoms with Crippen LogP contribution in [0.25, 0.3) is 0 Å². The molecule has 184 valence electrons. The van der Waals surface area contributed by atoms with Crippen LogP contribution in [0.1, 0.15) is 70.2 Å². The monoisotopic (exact) mass is 462 g/mol. The van der Waals surface area contributed by atoms with Crippen LogP contribution in [0.4, 0.5) is 4.79 Å². The van der Waals surface area contributed by atoms with E-state index in [1.807, 2.05) is 45.9 Å². The van der Waals surface area contributed by atoms with E-state index in [0.29, 0.717) is 5.56 Å². The summed E-state index contributed by atoms with van der Waals surface area (Å²) in [5.41, 5.74) is 6.91. The van der Waals surface area contributed by atoms with Crippen LogP contribution in [0.15, 0.2) is 18.2 Å². The zero-order valence-corrected chi connectivity index (χ0v) is 20.9. The molecule has 4 N–H and O–H groups in total. The van der Waals surface area contributed by atoms with E-state index in [0.717, 1.165) is 11.1 Å². The summed E-state index contributed by atoms with van der Waals surface area (Å²) in [5, 5.41) is 5.41. The Morgan fingerprint density at radius 2 is 1.61 bits per heavy atom. The molecule has 2 atom stereocenters. The van der Waals surface area contributed by atoms with Gasteiger partial charge in [-0.3, -0.25) is 14.4 Å². The van der Waals surface area contributed by atoms with Gasteiger partial charge in [-0.05, 0) is 71.6 Å². The number of nitrogens with one attached hydrogen (secondary N) is 2. The Balaban J connectivity index is 3.35. The fraction of sp³-hybridized carbons (Fsp3) is 0.583. The molecule has 1 aromatic carbocycles. The molecule has 1 rings (SSSR count). The van der Waals surface area contributed by atoms with E-state index < -0.39 is 35.6 Å². The van der Waals surface area contributed by atoms with Crippen molar-refractivity contribution in [2.45, 2.75) is 85.0 Å². The highest BCUT2D eigenvalue weighted by Gasteiger charge is 2.35. The highest BCUT2D eigenvalue weighted by Crippen LogP contribution is 2.28. The number of primary amides is 1. The Morgan fingerprint density at radius 1 is 1.06 bits per heavy atom. The van der Waals surface area contributed by atoms with Gasteiger partial charge in [0.15, 0.2) is 0 Å². The molecule has 0 radical (unpaired) electrons. The van der Waals surface area contributed by atoms with E-state index in [9.17, 15) is 19.2 Å². The molecule has 9 heteroatoms. The lowest BCUT2D eigenvalue weighted by Crippen LogP contribution is -2.52. The van der Waals surface area contributed by atoms with Crippen LogP contribution in [0.2, 0.25) is 0 Å². The molecule has 0 fully saturated rings. The maximum Gasteiger partial charge on any atom is 0.408 e. The molecule has 0 bridgehead atoms. The van der Waals surface area contributed by atoms with Crippen molar-refractivity contribution in [3.63, 3.8) is 0 Å². The Kier molecular flexibility index (Phi) is 9.88. The van der Waals surface area contributed by atoms with Gasteiger partial charge in [0.25, 0.3) is 0 Å². The molecule has 0 saturated heterocycles. The molecule has 0 heterocycles. The first-order valence-corrected chi connectivity index (χ1v) is 11.0. The van der Waals surface area contributed by atoms with Gasteiger partial charge in [0.2, 0.25) is 17.7 Å². The summed E-state index contributed by atoms with van der Waals surface area (Å²) in [6.07, 6.45) is -0.941. The average molecular weight is 463 g/mol. The maximum atomic E-state index is 13.5. The second kappa shape index (κ2) is 11.7. The van der Waals surface area contributed by atoms with Gasteiger partial charge in [-0.25, -0.2) is 4.79 Å². The molecular formula is C24H38N4O5. The number of carbonyl (C=O) groups is 4. The number of benzene rings is 1. The molecule has 0 aliphatic heterocycles. The third-order valence-corrected chi connectivity index (χ3v) is 4.90. The molecular weight excluding hydrogens is 424 g/mol. The summed E-state index contributed by atoms with van der Waals surface area (Å²) in [4.78, 5) is 51.8. The number of rotatable bonds is 9. The summed E-state index contributed by atoms with van der Waals surface area (Å²) in [7, 11) is 1.51. The topological polar surface area (TPSA) is 131 Å². The fourth-order valence-electron chi connectivity index (χ4n) is 3.49. The minimum Gasteiger partial charge on any atom is -0.444 e. The van der Waals surface area contributed by atoms with E-state index in [-0.39, 0.29) is 24.8 Å². The molecule has 2 unspecified atom stereocenters. The van der Waals surface area contributed by atoms with E-state index in [1.165, 1.54) is 11.9 Å². The summed E-state index contributed by atoms with van der Waals surface area (Å²) >= 11 is 0. The lowest BCUT2D eigenvalue weighted by Gasteiger charge is -2.33. The average Bonchev–Trinajstić information content (AvgIpc) is 2.64. The van der Waals surface area contributed by atoms with Crippen molar-refractivity contribution in [2.24, 2.45) is 5.73 Å². The number of ether oxygens (including phenoxy) is 1. The summed E-state index contributed by atoms with van der Waals surface area (Å²) in [6.45, 7) is 12.5. The third kappa shape index (κ3) is 8.75. The van der Waals surface area contributed by atoms with Gasteiger partial charge in [-0.15, -0.1) is 0 Å². The van der Waals surface area contributed by atoms with Crippen molar-refractivity contribution in [3.05, 3.63) is 34.9 Å². The van der Waals surface area contributed by atoms with E-state index in [1.54, 1.807) is 20.8 Å². The van der Waals surface area contributed by atoms with Crippen LogP contribution in [0, 0.1) is 13.8 Å². The standard InChI is InChI=1S/C24H38N4O5/c1-14(2)26-21(30)20(19-15(3)10-9-11-16(19)4)28(8)22(31)17(12-13-18(25)29)27-23(32)33-24(5,6)7/h9-11,14,17,20H,12-13H2,1-8H3,(H2,25,29)(H,26,30)(H,27,32). The number of hydrogen-bond acceptors (Lipinski definition) is 5. The van der Waals surface area contributed by atoms with Crippen molar-refractivity contribution in [2.75, 3.05) is 7.05 Å². The maximum absolute atomic E-state index is 13.5. The third-order valence-electron chi connectivity index (χ3n) is 4.90. The van der Waals surface area contributed by atoms with Crippen molar-refractivity contribution < 1.29 is 23.9 Å². The second-order valence-corrected chi connectivity index (χ2v) is 9.52. The molecule has 0 spiro atoms. The predicted molar refractivity (Wildman–Crippen MR) is 126 cm³/mol. The van der Waals surface area contributed by atoms with Gasteiger partial charge >= 0.3 is 6.09 Å². The van der Waals surface area contributed by atoms with Crippen LogP contribution < -0.4 is 16.4 Å². The number of hydrogen-bond donors (Lipinski definition) is 3. The number of alkyl carbamates (subject to hydrolysis) is 1. The van der Waals surface area contributed by atoms with E-state index in [2.05, 4.69) is 10.6 Å². The zero-order valence-electron chi connectivity index (χ0n) is 20.9. The van der Waals surface area contributed by atoms with Gasteiger partial charge < -0.3 is 26.0 Å². The van der Waals surface area contributed by atoms with Gasteiger partial charge in [0.1, 0.15) is 17.7 Å². The summed E-state index contributed by atoms with van der Waals surface area (Å²) in [5.74, 6) is -1.48. The molecule has 0 aliphatic carbocycles. The highest BCUT2D eigenvalue weighted by molar-refractivity contribution is 5.92. The first-order valence-electron chi connectivity index (χ1n) is 11.0. The molecule has 1 aromatic rings. The number of amides is 4. The Morgan fingerprint density at radius 3 is 2.06 bits per heavy atom. The largest absolute Gasteiger partial charge is 0.444 e. The Bertz CT molecular complexity index is 856. The van der Waals surface area contributed by atoms with E-state index >= 15 is 0 Å². The van der Waals surface area contributed by atoms with Gasteiger partial charge in [-0.2, -0.15) is 0 Å². The predicted octanol–water partition coefficient (Wildman–Crippen LogP) is 2.49. The smallest absolute Gasteiger partial charge is 0.408 e. The van der Waals surface area contributed by atoms with Gasteiger partial charge in [0.05, 0.1) is 0 Å². The van der Waals surface area contributed by atoms with Crippen molar-refractivity contribution in [1.82, 2.24) is 15.5 Å². The molecule has 0 saturated carbocycles. The minimum atomic E-state index is -1.10. The number of aryl methyl sites for hydroxylation is 2. The minimum absolute atomic E-state index is 0.0248. The molecule has 33 heavy (non-hydrogen) atoms.